The molecule has 2 saturated heterocycles. The Morgan fingerprint density at radius 2 is 1.08 bits per heavy atom. The molecule has 2 aliphatic heterocycles. The highest BCUT2D eigenvalue weighted by Gasteiger charge is 2.58. The molecule has 0 aliphatic carbocycles. The van der Waals surface area contributed by atoms with Gasteiger partial charge in [-0.2, -0.15) is 0 Å². The van der Waals surface area contributed by atoms with Gasteiger partial charge in [-0.3, -0.25) is 18.4 Å². The zero-order chi connectivity index (χ0) is 71.8. The Hall–Kier alpha value is -2.39. The summed E-state index contributed by atoms with van der Waals surface area (Å²) in [7, 11) is -1.35. The minimum atomic E-state index is -4.49. The Morgan fingerprint density at radius 1 is 0.583 bits per heavy atom. The van der Waals surface area contributed by atoms with E-state index in [1.807, 2.05) is 0 Å². The maximum atomic E-state index is 14.7. The van der Waals surface area contributed by atoms with Crippen LogP contribution in [-0.2, 0) is 70.4 Å². The van der Waals surface area contributed by atoms with Crippen molar-refractivity contribution in [3.05, 3.63) is 50.1 Å². The first-order valence-corrected chi connectivity index (χ1v) is 39.7. The minimum Gasteiger partial charge on any atom is -0.460 e. The van der Waals surface area contributed by atoms with E-state index < -0.39 is 101 Å². The van der Waals surface area contributed by atoms with Crippen molar-refractivity contribution >= 4 is 19.7 Å². The van der Waals surface area contributed by atoms with Crippen LogP contribution in [0.15, 0.2) is 50.1 Å². The van der Waals surface area contributed by atoms with Crippen LogP contribution in [0.4, 0.5) is 0 Å². The SMILES string of the molecule is [2H]C(CCCCCCCCCCC)O[C@H]1[C@H](O)[C@@H](CO[C@@H]2O[C@H](COC)[C@@H](OP(=O)(OCC=C)OCC=C)[C@H](OCC[C@@H](CCCCCCC)OC)[C@H]2NC(=O)CCCCCCCCC/C=C\CCCCCC)OC(OCC(=O)OCC=C)[C@@]1(O)C([2H])CCCCCCCCCCC. The van der Waals surface area contributed by atoms with Crippen LogP contribution in [0.3, 0.4) is 0 Å². The number of nitrogens with one attached hydrogen (secondary N) is 1. The van der Waals surface area contributed by atoms with E-state index >= 15 is 0 Å². The Kier molecular flexibility index (Phi) is 54.0. The molecule has 0 bridgehead atoms. The third kappa shape index (κ3) is 40.9. The Balaban J connectivity index is 2.71. The number of allylic oxidation sites excluding steroid dienone is 2. The monoisotopic (exact) mass is 1390 g/mol. The van der Waals surface area contributed by atoms with Gasteiger partial charge in [-0.15, -0.1) is 13.2 Å². The molecule has 18 nitrogen and oxygen atoms in total. The van der Waals surface area contributed by atoms with Crippen molar-refractivity contribution in [2.45, 2.75) is 364 Å². The number of rotatable bonds is 68. The third-order valence-electron chi connectivity index (χ3n) is 18.0. The molecule has 2 rings (SSSR count). The van der Waals surface area contributed by atoms with E-state index in [4.69, 9.17) is 56.2 Å². The second-order valence-corrected chi connectivity index (χ2v) is 28.1. The summed E-state index contributed by atoms with van der Waals surface area (Å²) < 4.78 is 108. The lowest BCUT2D eigenvalue weighted by Gasteiger charge is -2.50. The predicted molar refractivity (Wildman–Crippen MR) is 386 cm³/mol. The molecule has 2 fully saturated rings. The predicted octanol–water partition coefficient (Wildman–Crippen LogP) is 18.1. The number of ether oxygens (including phenoxy) is 9. The average molecular weight is 1390 g/mol. The fourth-order valence-corrected chi connectivity index (χ4v) is 13.7. The molecule has 0 aromatic rings. The van der Waals surface area contributed by atoms with Crippen LogP contribution in [-0.4, -0.2) is 156 Å². The van der Waals surface area contributed by atoms with Gasteiger partial charge in [0.2, 0.25) is 5.91 Å². The summed E-state index contributed by atoms with van der Waals surface area (Å²) >= 11 is 0. The number of carbonyl (C=O) groups is 2. The van der Waals surface area contributed by atoms with Crippen LogP contribution in [0.2, 0.25) is 0 Å². The van der Waals surface area contributed by atoms with E-state index in [0.717, 1.165) is 141 Å². The van der Waals surface area contributed by atoms with Crippen LogP contribution in [0, 0.1) is 0 Å². The van der Waals surface area contributed by atoms with Crippen molar-refractivity contribution in [3.8, 4) is 0 Å². The molecule has 562 valence electrons. The van der Waals surface area contributed by atoms with E-state index in [1.54, 1.807) is 7.11 Å². The second-order valence-electron chi connectivity index (χ2n) is 26.5. The lowest BCUT2D eigenvalue weighted by molar-refractivity contribution is -0.356. The number of aliphatic hydroxyl groups excluding tert-OH is 1. The number of phosphoric ester groups is 1. The summed E-state index contributed by atoms with van der Waals surface area (Å²) in [6.07, 6.45) is 35.9. The largest absolute Gasteiger partial charge is 0.475 e. The normalized spacial score (nSPS) is 23.5. The summed E-state index contributed by atoms with van der Waals surface area (Å²) in [5.74, 6) is -1.13. The standard InChI is InChI=1S/C77H142NO17P/c1-10-17-21-25-28-31-34-35-36-37-38-39-42-46-50-54-68(79)78-70-73(87-61-55-65(85-9)53-49-45-24-20-13-4)72(95-96(83,91-58-15-6)92-59-16-7)67(62-84-8)93-75(70)89-63-66-71(81)74(88-60-52-48-44-41-33-30-27-23-19-12-3)77(82,76(94-66)90-64-69(80)86-57-14-5)56-51-47-43-40-32-29-26-22-18-11-2/h14-16,31,34,65-67,70-76,81-82H,5-7,10-13,17-30,32-33,35-64H2,1-4,8-9H3,(H,78,79)/b34-31-/t65-,66-,67-,70-,71-,72-,73-,74+,75-,76?,77-/m1/s1/i56D,60D/t56?,60?,65-,66-,67-,70-,71-,72-,73-,74+,75-,76?,77-. The number of methoxy groups -OCH3 is 2. The van der Waals surface area contributed by atoms with E-state index in [-0.39, 0.29) is 64.3 Å². The van der Waals surface area contributed by atoms with Gasteiger partial charge in [-0.25, -0.2) is 9.36 Å². The summed E-state index contributed by atoms with van der Waals surface area (Å²) in [6.45, 7) is 16.9. The number of carbonyl (C=O) groups excluding carboxylic acids is 2. The number of aliphatic hydroxyl groups is 2. The number of hydrogen-bond donors (Lipinski definition) is 3. The van der Waals surface area contributed by atoms with Crippen molar-refractivity contribution in [2.24, 2.45) is 0 Å². The van der Waals surface area contributed by atoms with Gasteiger partial charge in [-0.05, 0) is 57.8 Å². The first kappa shape index (κ1) is 86.0. The van der Waals surface area contributed by atoms with Gasteiger partial charge in [0.15, 0.2) is 12.6 Å². The Bertz CT molecular complexity index is 2030. The molecule has 0 aromatic carbocycles. The van der Waals surface area contributed by atoms with E-state index in [9.17, 15) is 27.1 Å². The van der Waals surface area contributed by atoms with Gasteiger partial charge < -0.3 is 58.2 Å². The molecule has 0 saturated carbocycles. The van der Waals surface area contributed by atoms with Crippen molar-refractivity contribution < 1.29 is 83.3 Å². The first-order valence-electron chi connectivity index (χ1n) is 39.4. The second kappa shape index (κ2) is 60.2. The van der Waals surface area contributed by atoms with Crippen LogP contribution in [0.5, 0.6) is 0 Å². The summed E-state index contributed by atoms with van der Waals surface area (Å²) in [4.78, 5) is 27.8. The van der Waals surface area contributed by atoms with Gasteiger partial charge in [0.1, 0.15) is 61.5 Å². The lowest BCUT2D eigenvalue weighted by atomic mass is 9.82. The topological polar surface area (TPSA) is 214 Å². The number of amides is 1. The number of unbranched alkanes of at least 4 members (excludes halogenated alkanes) is 31. The van der Waals surface area contributed by atoms with Gasteiger partial charge in [0.05, 0.1) is 33.9 Å². The summed E-state index contributed by atoms with van der Waals surface area (Å²) in [6, 6.07) is -1.22. The van der Waals surface area contributed by atoms with Gasteiger partial charge in [0, 0.05) is 35.2 Å². The molecule has 0 radical (unpaired) electrons. The maximum Gasteiger partial charge on any atom is 0.475 e. The van der Waals surface area contributed by atoms with Crippen LogP contribution in [0.25, 0.3) is 0 Å². The molecule has 2 aliphatic rings. The maximum absolute atomic E-state index is 14.7. The molecule has 0 spiro atoms. The van der Waals surface area contributed by atoms with Crippen molar-refractivity contribution in [3.63, 3.8) is 0 Å². The molecule has 1 amide bonds. The van der Waals surface area contributed by atoms with E-state index in [1.165, 1.54) is 102 Å². The van der Waals surface area contributed by atoms with E-state index in [2.05, 4.69) is 64.9 Å². The molecular weight excluding hydrogens is 1240 g/mol. The van der Waals surface area contributed by atoms with Crippen molar-refractivity contribution in [2.75, 3.05) is 67.1 Å². The molecule has 19 heteroatoms. The molecular formula is C77H142NO17P. The average Bonchev–Trinajstić information content (AvgIpc) is 0.754. The van der Waals surface area contributed by atoms with E-state index in [0.29, 0.717) is 25.7 Å². The van der Waals surface area contributed by atoms with Crippen molar-refractivity contribution in [1.29, 1.82) is 0 Å². The number of esters is 1. The molecule has 3 N–H and O–H groups in total. The van der Waals surface area contributed by atoms with Crippen LogP contribution < -0.4 is 5.32 Å². The minimum absolute atomic E-state index is 0.0917. The fourth-order valence-electron chi connectivity index (χ4n) is 12.4. The third-order valence-corrected chi connectivity index (χ3v) is 19.5. The zero-order valence-corrected chi connectivity index (χ0v) is 62.2. The lowest BCUT2D eigenvalue weighted by Crippen LogP contribution is -2.69. The van der Waals surface area contributed by atoms with Crippen LogP contribution >= 0.6 is 7.82 Å². The Labute approximate surface area is 587 Å². The highest BCUT2D eigenvalue weighted by Crippen LogP contribution is 2.53. The van der Waals surface area contributed by atoms with Gasteiger partial charge in [-0.1, -0.05) is 270 Å². The highest BCUT2D eigenvalue weighted by atomic mass is 31.2. The Morgan fingerprint density at radius 3 is 1.61 bits per heavy atom. The fraction of sp³-hybridized carbons (Fsp3) is 0.870. The van der Waals surface area contributed by atoms with Crippen molar-refractivity contribution in [1.82, 2.24) is 5.32 Å². The molecule has 0 aromatic heterocycles. The van der Waals surface area contributed by atoms with Crippen LogP contribution in [0.1, 0.15) is 300 Å². The molecule has 3 unspecified atom stereocenters. The smallest absolute Gasteiger partial charge is 0.460 e. The molecule has 13 atom stereocenters. The zero-order valence-electron chi connectivity index (χ0n) is 63.3. The molecule has 2 heterocycles. The first-order chi connectivity index (χ1) is 47.7. The summed E-state index contributed by atoms with van der Waals surface area (Å²) in [5, 5.41) is 29.1. The highest BCUT2D eigenvalue weighted by molar-refractivity contribution is 7.48. The number of hydrogen-bond acceptors (Lipinski definition) is 17. The summed E-state index contributed by atoms with van der Waals surface area (Å²) in [5.41, 5.74) is -2.42. The number of phosphoric acid groups is 1. The van der Waals surface area contributed by atoms with Gasteiger partial charge >= 0.3 is 13.8 Å². The molecule has 96 heavy (non-hydrogen) atoms. The quantitative estimate of drug-likeness (QED) is 0.0223. The van der Waals surface area contributed by atoms with Gasteiger partial charge in [0.25, 0.3) is 0 Å².